The van der Waals surface area contributed by atoms with Gasteiger partial charge >= 0.3 is 0 Å². The van der Waals surface area contributed by atoms with Gasteiger partial charge in [0.15, 0.2) is 5.76 Å². The van der Waals surface area contributed by atoms with Gasteiger partial charge in [-0.3, -0.25) is 4.79 Å². The zero-order valence-corrected chi connectivity index (χ0v) is 15.5. The van der Waals surface area contributed by atoms with Crippen LogP contribution in [0.25, 0.3) is 21.7 Å². The molecule has 1 aliphatic rings. The summed E-state index contributed by atoms with van der Waals surface area (Å²) in [6, 6.07) is 12.6. The summed E-state index contributed by atoms with van der Waals surface area (Å²) < 4.78 is 6.19. The predicted molar refractivity (Wildman–Crippen MR) is 106 cm³/mol. The molecule has 1 saturated heterocycles. The normalized spacial score (nSPS) is 15.6. The third-order valence-corrected chi connectivity index (χ3v) is 5.50. The zero-order chi connectivity index (χ0) is 18.1. The average Bonchev–Trinajstić information content (AvgIpc) is 3.03. The Balaban J connectivity index is 1.77. The zero-order valence-electron chi connectivity index (χ0n) is 15.5. The fourth-order valence-corrected chi connectivity index (χ4v) is 4.09. The molecular formula is C22H26N2O2. The van der Waals surface area contributed by atoms with Crippen LogP contribution in [0.2, 0.25) is 0 Å². The Labute approximate surface area is 154 Å². The highest BCUT2D eigenvalue weighted by molar-refractivity contribution is 6.08. The van der Waals surface area contributed by atoms with Crippen LogP contribution < -0.4 is 5.32 Å². The van der Waals surface area contributed by atoms with Crippen LogP contribution in [0.5, 0.6) is 0 Å². The van der Waals surface area contributed by atoms with Gasteiger partial charge in [0, 0.05) is 28.9 Å². The Kier molecular flexibility index (Phi) is 4.68. The molecule has 0 atom stereocenters. The summed E-state index contributed by atoms with van der Waals surface area (Å²) >= 11 is 0. The molecule has 1 aliphatic heterocycles. The third-order valence-electron chi connectivity index (χ3n) is 5.50. The Hall–Kier alpha value is -2.33. The first-order valence-electron chi connectivity index (χ1n) is 9.63. The van der Waals surface area contributed by atoms with Gasteiger partial charge in [0.25, 0.3) is 5.91 Å². The summed E-state index contributed by atoms with van der Waals surface area (Å²) in [7, 11) is 0. The smallest absolute Gasteiger partial charge is 0.290 e. The lowest BCUT2D eigenvalue weighted by atomic mass is 10.0. The Morgan fingerprint density at radius 2 is 1.92 bits per heavy atom. The molecule has 0 aliphatic carbocycles. The molecule has 3 aromatic rings. The van der Waals surface area contributed by atoms with E-state index in [4.69, 9.17) is 4.42 Å². The number of fused-ring (bicyclic) bond motifs is 3. The molecule has 26 heavy (non-hydrogen) atoms. The van der Waals surface area contributed by atoms with Gasteiger partial charge in [0.2, 0.25) is 0 Å². The van der Waals surface area contributed by atoms with Crippen molar-refractivity contribution in [3.8, 4) is 0 Å². The molecule has 1 aromatic heterocycles. The maximum atomic E-state index is 13.4. The molecule has 4 rings (SSSR count). The topological polar surface area (TPSA) is 45.5 Å². The number of hydrogen-bond acceptors (Lipinski definition) is 3. The summed E-state index contributed by atoms with van der Waals surface area (Å²) in [6.45, 7) is 6.85. The molecule has 1 fully saturated rings. The van der Waals surface area contributed by atoms with E-state index in [-0.39, 0.29) is 5.91 Å². The van der Waals surface area contributed by atoms with E-state index in [1.165, 1.54) is 0 Å². The summed E-state index contributed by atoms with van der Waals surface area (Å²) in [6.07, 6.45) is 2.97. The molecule has 4 heteroatoms. The minimum Gasteiger partial charge on any atom is -0.450 e. The molecule has 1 N–H and O–H groups in total. The van der Waals surface area contributed by atoms with Crippen molar-refractivity contribution in [2.75, 3.05) is 19.6 Å². The average molecular weight is 350 g/mol. The number of nitrogens with one attached hydrogen (secondary N) is 1. The fourth-order valence-electron chi connectivity index (χ4n) is 4.09. The highest BCUT2D eigenvalue weighted by Crippen LogP contribution is 2.32. The van der Waals surface area contributed by atoms with Gasteiger partial charge in [0.05, 0.1) is 0 Å². The van der Waals surface area contributed by atoms with Gasteiger partial charge in [-0.25, -0.2) is 0 Å². The lowest BCUT2D eigenvalue weighted by molar-refractivity contribution is 0.0611. The molecule has 4 nitrogen and oxygen atoms in total. The van der Waals surface area contributed by atoms with E-state index in [0.29, 0.717) is 11.8 Å². The number of furan rings is 1. The molecule has 0 radical (unpaired) electrons. The van der Waals surface area contributed by atoms with Gasteiger partial charge in [-0.1, -0.05) is 43.3 Å². The highest BCUT2D eigenvalue weighted by Gasteiger charge is 2.29. The number of rotatable bonds is 4. The maximum Gasteiger partial charge on any atom is 0.290 e. The van der Waals surface area contributed by atoms with Crippen LogP contribution in [-0.2, 0) is 0 Å². The highest BCUT2D eigenvalue weighted by atomic mass is 16.3. The fraction of sp³-hybridized carbons (Fsp3) is 0.409. The van der Waals surface area contributed by atoms with E-state index in [1.54, 1.807) is 0 Å². The van der Waals surface area contributed by atoms with E-state index in [1.807, 2.05) is 24.0 Å². The van der Waals surface area contributed by atoms with Crippen LogP contribution >= 0.6 is 0 Å². The van der Waals surface area contributed by atoms with Crippen molar-refractivity contribution in [2.24, 2.45) is 0 Å². The predicted octanol–water partition coefficient (Wildman–Crippen LogP) is 4.50. The molecule has 2 heterocycles. The number of hydrogen-bond donors (Lipinski definition) is 1. The lowest BCUT2D eigenvalue weighted by Crippen LogP contribution is -2.46. The van der Waals surface area contributed by atoms with Gasteiger partial charge in [-0.15, -0.1) is 0 Å². The summed E-state index contributed by atoms with van der Waals surface area (Å²) in [5, 5.41) is 6.62. The minimum absolute atomic E-state index is 0.0385. The third kappa shape index (κ3) is 2.88. The number of carbonyl (C=O) groups excluding carboxylic acids is 1. The molecule has 2 aromatic carbocycles. The van der Waals surface area contributed by atoms with Gasteiger partial charge in [0.1, 0.15) is 5.58 Å². The molecule has 0 unspecified atom stereocenters. The van der Waals surface area contributed by atoms with Crippen molar-refractivity contribution < 1.29 is 9.21 Å². The first kappa shape index (κ1) is 17.1. The van der Waals surface area contributed by atoms with Crippen molar-refractivity contribution in [1.29, 1.82) is 0 Å². The van der Waals surface area contributed by atoms with Crippen LogP contribution in [0, 0.1) is 6.92 Å². The molecule has 0 bridgehead atoms. The summed E-state index contributed by atoms with van der Waals surface area (Å²) in [5.74, 6) is 0.542. The number of nitrogens with zero attached hydrogens (tertiary/aromatic N) is 1. The monoisotopic (exact) mass is 350 g/mol. The van der Waals surface area contributed by atoms with Crippen molar-refractivity contribution in [3.63, 3.8) is 0 Å². The van der Waals surface area contributed by atoms with Gasteiger partial charge in [-0.2, -0.15) is 0 Å². The molecule has 0 spiro atoms. The Morgan fingerprint density at radius 3 is 2.69 bits per heavy atom. The number of carbonyl (C=O) groups is 1. The second-order valence-corrected chi connectivity index (χ2v) is 7.20. The van der Waals surface area contributed by atoms with Crippen molar-refractivity contribution in [2.45, 2.75) is 39.2 Å². The maximum absolute atomic E-state index is 13.4. The largest absolute Gasteiger partial charge is 0.450 e. The molecular weight excluding hydrogens is 324 g/mol. The van der Waals surface area contributed by atoms with Crippen molar-refractivity contribution in [3.05, 3.63) is 47.7 Å². The van der Waals surface area contributed by atoms with Crippen LogP contribution in [0.15, 0.2) is 40.8 Å². The lowest BCUT2D eigenvalue weighted by Gasteiger charge is -2.34. The second kappa shape index (κ2) is 7.12. The van der Waals surface area contributed by atoms with Gasteiger partial charge < -0.3 is 14.6 Å². The Morgan fingerprint density at radius 1 is 1.15 bits per heavy atom. The van der Waals surface area contributed by atoms with E-state index in [2.05, 4.69) is 36.5 Å². The van der Waals surface area contributed by atoms with Crippen LogP contribution in [0.4, 0.5) is 0 Å². The Bertz CT molecular complexity index is 938. The van der Waals surface area contributed by atoms with E-state index in [0.717, 1.165) is 66.2 Å². The summed E-state index contributed by atoms with van der Waals surface area (Å²) in [4.78, 5) is 15.4. The summed E-state index contributed by atoms with van der Waals surface area (Å²) in [5.41, 5.74) is 1.77. The van der Waals surface area contributed by atoms with E-state index < -0.39 is 0 Å². The standard InChI is InChI=1S/C22H26N2O2/c1-3-14-24(17-10-12-23-13-11-17)22(25)20-15(2)18-9-8-16-6-4-5-7-19(16)21(18)26-20/h4-9,17,23H,3,10-14H2,1-2H3. The first-order valence-corrected chi connectivity index (χ1v) is 9.63. The number of benzene rings is 2. The van der Waals surface area contributed by atoms with Crippen molar-refractivity contribution >= 4 is 27.6 Å². The number of amides is 1. The van der Waals surface area contributed by atoms with E-state index in [9.17, 15) is 4.79 Å². The first-order chi connectivity index (χ1) is 12.7. The van der Waals surface area contributed by atoms with Crippen LogP contribution in [0.3, 0.4) is 0 Å². The number of piperidine rings is 1. The van der Waals surface area contributed by atoms with Gasteiger partial charge in [-0.05, 0) is 44.7 Å². The van der Waals surface area contributed by atoms with Crippen LogP contribution in [-0.4, -0.2) is 36.5 Å². The SMILES string of the molecule is CCCN(C(=O)c1oc2c(ccc3ccccc32)c1C)C1CCNCC1. The number of aryl methyl sites for hydroxylation is 1. The second-order valence-electron chi connectivity index (χ2n) is 7.20. The van der Waals surface area contributed by atoms with E-state index >= 15 is 0 Å². The molecule has 0 saturated carbocycles. The quantitative estimate of drug-likeness (QED) is 0.753. The van der Waals surface area contributed by atoms with Crippen LogP contribution in [0.1, 0.15) is 42.3 Å². The minimum atomic E-state index is 0.0385. The molecule has 1 amide bonds. The molecule has 136 valence electrons. The van der Waals surface area contributed by atoms with Crippen molar-refractivity contribution in [1.82, 2.24) is 10.2 Å².